The Labute approximate surface area is 239 Å². The molecule has 1 unspecified atom stereocenters. The topological polar surface area (TPSA) is 104 Å². The van der Waals surface area contributed by atoms with Gasteiger partial charge in [0.2, 0.25) is 0 Å². The van der Waals surface area contributed by atoms with E-state index in [1.165, 1.54) is 0 Å². The molecule has 0 radical (unpaired) electrons. The molecule has 0 aromatic carbocycles. The van der Waals surface area contributed by atoms with Gasteiger partial charge in [-0.1, -0.05) is 12.2 Å². The highest BCUT2D eigenvalue weighted by atomic mass is 16.6. The highest BCUT2D eigenvalue weighted by Crippen LogP contribution is 2.08. The van der Waals surface area contributed by atoms with Gasteiger partial charge in [-0.25, -0.2) is 9.59 Å². The van der Waals surface area contributed by atoms with Crippen molar-refractivity contribution in [2.75, 3.05) is 41.2 Å². The third-order valence-electron chi connectivity index (χ3n) is 4.46. The molecule has 0 aliphatic carbocycles. The number of allylic oxidation sites excluding steroid dienone is 3. The maximum absolute atomic E-state index is 11.4. The lowest BCUT2D eigenvalue weighted by Crippen LogP contribution is -2.37. The Morgan fingerprint density at radius 3 is 1.69 bits per heavy atom. The van der Waals surface area contributed by atoms with Gasteiger partial charge in [0, 0.05) is 52.9 Å². The SMILES string of the molecule is C=CCCCOC.COCCC/C=C(/C)NC(=O)OC(C)(C)C.COCCCCC(C)NC(=O)OC(C)(C)C. The van der Waals surface area contributed by atoms with Crippen molar-refractivity contribution >= 4 is 12.2 Å². The minimum absolute atomic E-state index is 0.145. The summed E-state index contributed by atoms with van der Waals surface area (Å²) in [5, 5.41) is 5.48. The lowest BCUT2D eigenvalue weighted by Gasteiger charge is -2.21. The number of carbonyl (C=O) groups is 2. The molecule has 0 aromatic heterocycles. The molecule has 0 saturated heterocycles. The number of methoxy groups -OCH3 is 3. The second-order valence-electron chi connectivity index (χ2n) is 11.1. The van der Waals surface area contributed by atoms with Gasteiger partial charge >= 0.3 is 12.2 Å². The van der Waals surface area contributed by atoms with Crippen LogP contribution in [0.2, 0.25) is 0 Å². The molecule has 9 nitrogen and oxygen atoms in total. The first-order chi connectivity index (χ1) is 18.1. The van der Waals surface area contributed by atoms with E-state index in [1.54, 1.807) is 21.3 Å². The predicted molar refractivity (Wildman–Crippen MR) is 160 cm³/mol. The van der Waals surface area contributed by atoms with E-state index in [4.69, 9.17) is 23.7 Å². The van der Waals surface area contributed by atoms with Gasteiger partial charge < -0.3 is 29.0 Å². The molecule has 0 rings (SSSR count). The Morgan fingerprint density at radius 2 is 1.23 bits per heavy atom. The zero-order chi connectivity index (χ0) is 30.7. The average molecular weight is 561 g/mol. The summed E-state index contributed by atoms with van der Waals surface area (Å²) in [4.78, 5) is 22.8. The first kappa shape index (κ1) is 41.4. The molecule has 2 amide bonds. The van der Waals surface area contributed by atoms with Crippen LogP contribution in [0.25, 0.3) is 0 Å². The number of hydrogen-bond acceptors (Lipinski definition) is 7. The zero-order valence-electron chi connectivity index (χ0n) is 26.9. The fraction of sp³-hybridized carbons (Fsp3) is 0.800. The summed E-state index contributed by atoms with van der Waals surface area (Å²) in [6.07, 6.45) is 10.1. The summed E-state index contributed by atoms with van der Waals surface area (Å²) in [5.41, 5.74) is -0.0781. The van der Waals surface area contributed by atoms with Gasteiger partial charge in [-0.05, 0) is 100 Å². The second kappa shape index (κ2) is 26.1. The molecular weight excluding hydrogens is 500 g/mol. The number of unbranched alkanes of at least 4 members (excludes halogenated alkanes) is 3. The van der Waals surface area contributed by atoms with Crippen LogP contribution in [-0.4, -0.2) is 70.6 Å². The standard InChI is InChI=1S/C12H25NO3.C12H23NO3.C6H12O/c2*1-10(8-6-7-9-15-5)13-11(14)16-12(2,3)4;1-3-4-5-6-7-2/h10H,6-9H2,1-5H3,(H,13,14);8H,6-7,9H2,1-5H3,(H,13,14);3H,1,4-6H2,2H3/b;10-8-;. The van der Waals surface area contributed by atoms with Crippen molar-refractivity contribution in [3.8, 4) is 0 Å². The normalized spacial score (nSPS) is 12.1. The van der Waals surface area contributed by atoms with E-state index in [0.717, 1.165) is 70.5 Å². The number of alkyl carbamates (subject to hydrolysis) is 2. The van der Waals surface area contributed by atoms with Crippen LogP contribution in [0.15, 0.2) is 24.4 Å². The van der Waals surface area contributed by atoms with Crippen LogP contribution in [0.1, 0.15) is 100 Å². The molecule has 9 heteroatoms. The molecule has 0 aromatic rings. The van der Waals surface area contributed by atoms with E-state index < -0.39 is 17.3 Å². The summed E-state index contributed by atoms with van der Waals surface area (Å²) < 4.78 is 25.0. The minimum Gasteiger partial charge on any atom is -0.444 e. The molecule has 0 heterocycles. The Kier molecular flexibility index (Phi) is 27.7. The van der Waals surface area contributed by atoms with Crippen molar-refractivity contribution in [1.82, 2.24) is 10.6 Å². The van der Waals surface area contributed by atoms with E-state index in [9.17, 15) is 9.59 Å². The van der Waals surface area contributed by atoms with Crippen LogP contribution in [0, 0.1) is 0 Å². The molecular formula is C30H60N2O7. The van der Waals surface area contributed by atoms with E-state index in [-0.39, 0.29) is 12.1 Å². The molecule has 0 aliphatic rings. The van der Waals surface area contributed by atoms with Crippen molar-refractivity contribution in [2.45, 2.75) is 118 Å². The molecule has 0 saturated carbocycles. The lowest BCUT2D eigenvalue weighted by atomic mass is 10.1. The third kappa shape index (κ3) is 40.5. The van der Waals surface area contributed by atoms with Gasteiger partial charge in [0.1, 0.15) is 11.2 Å². The lowest BCUT2D eigenvalue weighted by molar-refractivity contribution is 0.0502. The molecule has 232 valence electrons. The van der Waals surface area contributed by atoms with E-state index in [2.05, 4.69) is 17.2 Å². The molecule has 0 aliphatic heterocycles. The molecule has 1 atom stereocenters. The van der Waals surface area contributed by atoms with Gasteiger partial charge in [0.05, 0.1) is 0 Å². The van der Waals surface area contributed by atoms with E-state index in [0.29, 0.717) is 0 Å². The van der Waals surface area contributed by atoms with Crippen LogP contribution in [0.3, 0.4) is 0 Å². The summed E-state index contributed by atoms with van der Waals surface area (Å²) in [5.74, 6) is 0. The number of amides is 2. The van der Waals surface area contributed by atoms with Gasteiger partial charge in [-0.3, -0.25) is 5.32 Å². The van der Waals surface area contributed by atoms with Gasteiger partial charge in [0.15, 0.2) is 0 Å². The molecule has 39 heavy (non-hydrogen) atoms. The average Bonchev–Trinajstić information content (AvgIpc) is 2.78. The number of carbonyl (C=O) groups excluding carboxylic acids is 2. The summed E-state index contributed by atoms with van der Waals surface area (Å²) in [7, 11) is 5.08. The van der Waals surface area contributed by atoms with Gasteiger partial charge in [0.25, 0.3) is 0 Å². The number of ether oxygens (including phenoxy) is 5. The second-order valence-corrected chi connectivity index (χ2v) is 11.1. The first-order valence-corrected chi connectivity index (χ1v) is 13.9. The molecule has 0 spiro atoms. The van der Waals surface area contributed by atoms with Crippen molar-refractivity contribution in [1.29, 1.82) is 0 Å². The van der Waals surface area contributed by atoms with Crippen molar-refractivity contribution in [3.63, 3.8) is 0 Å². The molecule has 0 bridgehead atoms. The number of hydrogen-bond donors (Lipinski definition) is 2. The maximum Gasteiger partial charge on any atom is 0.411 e. The Bertz CT molecular complexity index is 638. The number of nitrogens with one attached hydrogen (secondary N) is 2. The Balaban J connectivity index is -0.000000537. The van der Waals surface area contributed by atoms with E-state index >= 15 is 0 Å². The monoisotopic (exact) mass is 560 g/mol. The zero-order valence-corrected chi connectivity index (χ0v) is 26.9. The summed E-state index contributed by atoms with van der Waals surface area (Å²) in [6.45, 7) is 20.8. The van der Waals surface area contributed by atoms with Crippen molar-refractivity contribution < 1.29 is 33.3 Å². The third-order valence-corrected chi connectivity index (χ3v) is 4.46. The van der Waals surface area contributed by atoms with Gasteiger partial charge in [-0.15, -0.1) is 6.58 Å². The molecule has 2 N–H and O–H groups in total. The largest absolute Gasteiger partial charge is 0.444 e. The smallest absolute Gasteiger partial charge is 0.411 e. The summed E-state index contributed by atoms with van der Waals surface area (Å²) >= 11 is 0. The Hall–Kier alpha value is -2.10. The number of rotatable bonds is 15. The van der Waals surface area contributed by atoms with Crippen LogP contribution < -0.4 is 10.6 Å². The fourth-order valence-corrected chi connectivity index (χ4v) is 2.71. The maximum atomic E-state index is 11.4. The quantitative estimate of drug-likeness (QED) is 0.162. The van der Waals surface area contributed by atoms with Crippen LogP contribution in [-0.2, 0) is 23.7 Å². The van der Waals surface area contributed by atoms with Crippen molar-refractivity contribution in [2.24, 2.45) is 0 Å². The highest BCUT2D eigenvalue weighted by Gasteiger charge is 2.17. The molecule has 0 fully saturated rings. The van der Waals surface area contributed by atoms with Crippen LogP contribution in [0.5, 0.6) is 0 Å². The van der Waals surface area contributed by atoms with E-state index in [1.807, 2.05) is 67.5 Å². The highest BCUT2D eigenvalue weighted by molar-refractivity contribution is 5.69. The minimum atomic E-state index is -0.458. The Morgan fingerprint density at radius 1 is 0.769 bits per heavy atom. The van der Waals surface area contributed by atoms with Crippen molar-refractivity contribution in [3.05, 3.63) is 24.4 Å². The summed E-state index contributed by atoms with van der Waals surface area (Å²) in [6, 6.07) is 0.145. The van der Waals surface area contributed by atoms with Crippen LogP contribution >= 0.6 is 0 Å². The van der Waals surface area contributed by atoms with Crippen LogP contribution in [0.4, 0.5) is 9.59 Å². The van der Waals surface area contributed by atoms with Gasteiger partial charge in [-0.2, -0.15) is 0 Å². The first-order valence-electron chi connectivity index (χ1n) is 13.9. The fourth-order valence-electron chi connectivity index (χ4n) is 2.71. The predicted octanol–water partition coefficient (Wildman–Crippen LogP) is 7.16.